The first kappa shape index (κ1) is 16.5. The highest BCUT2D eigenvalue weighted by Crippen LogP contribution is 2.21. The first-order chi connectivity index (χ1) is 9.25. The number of nitrogens with one attached hydrogen (secondary N) is 1. The van der Waals surface area contributed by atoms with Crippen LogP contribution in [0.15, 0.2) is 24.3 Å². The minimum atomic E-state index is -3.51. The Kier molecular flexibility index (Phi) is 5.52. The molecule has 0 aliphatic heterocycles. The molecule has 0 atom stereocenters. The van der Waals surface area contributed by atoms with Gasteiger partial charge in [-0.3, -0.25) is 9.71 Å². The molecule has 20 heavy (non-hydrogen) atoms. The number of amidine groups is 1. The lowest BCUT2D eigenvalue weighted by Crippen LogP contribution is -2.32. The summed E-state index contributed by atoms with van der Waals surface area (Å²) >= 11 is 0. The van der Waals surface area contributed by atoms with Crippen LogP contribution in [0.3, 0.4) is 0 Å². The second-order valence-corrected chi connectivity index (χ2v) is 6.75. The molecule has 0 saturated carbocycles. The number of hydrogen-bond donors (Lipinski definition) is 2. The Hall–Kier alpha value is -1.60. The molecule has 0 aliphatic carbocycles. The zero-order valence-corrected chi connectivity index (χ0v) is 12.8. The van der Waals surface area contributed by atoms with Gasteiger partial charge in [-0.15, -0.1) is 0 Å². The van der Waals surface area contributed by atoms with Gasteiger partial charge < -0.3 is 10.5 Å². The summed E-state index contributed by atoms with van der Waals surface area (Å²) in [5.74, 6) is -0.283. The molecule has 0 spiro atoms. The van der Waals surface area contributed by atoms with Crippen molar-refractivity contribution in [3.8, 4) is 0 Å². The average molecular weight is 299 g/mol. The number of nitrogens with zero attached hydrogens (tertiary/aromatic N) is 1. The number of sulfonamides is 1. The van der Waals surface area contributed by atoms with E-state index < -0.39 is 10.0 Å². The molecule has 1 aromatic carbocycles. The van der Waals surface area contributed by atoms with Gasteiger partial charge >= 0.3 is 0 Å². The van der Waals surface area contributed by atoms with Crippen LogP contribution in [0.4, 0.5) is 5.69 Å². The molecule has 0 radical (unpaired) electrons. The third kappa shape index (κ3) is 4.21. The summed E-state index contributed by atoms with van der Waals surface area (Å²) in [6.07, 6.45) is -0.0139. The second-order valence-electron chi connectivity index (χ2n) is 4.63. The van der Waals surface area contributed by atoms with Crippen LogP contribution < -0.4 is 10.0 Å². The van der Waals surface area contributed by atoms with Crippen LogP contribution in [0.2, 0.25) is 0 Å². The Morgan fingerprint density at radius 3 is 2.55 bits per heavy atom. The fourth-order valence-corrected chi connectivity index (χ4v) is 2.69. The SMILES string of the molecule is CC(C)OCCS(=O)(=O)N(C)c1ccccc1C(=N)N. The Morgan fingerprint density at radius 2 is 2.00 bits per heavy atom. The smallest absolute Gasteiger partial charge is 0.237 e. The largest absolute Gasteiger partial charge is 0.384 e. The molecule has 0 heterocycles. The van der Waals surface area contributed by atoms with Crippen molar-refractivity contribution in [2.24, 2.45) is 5.73 Å². The van der Waals surface area contributed by atoms with E-state index in [1.54, 1.807) is 24.3 Å². The van der Waals surface area contributed by atoms with E-state index >= 15 is 0 Å². The van der Waals surface area contributed by atoms with Gasteiger partial charge in [0.1, 0.15) is 5.84 Å². The highest BCUT2D eigenvalue weighted by molar-refractivity contribution is 7.92. The van der Waals surface area contributed by atoms with Gasteiger partial charge in [-0.1, -0.05) is 12.1 Å². The van der Waals surface area contributed by atoms with Gasteiger partial charge in [0.2, 0.25) is 10.0 Å². The monoisotopic (exact) mass is 299 g/mol. The van der Waals surface area contributed by atoms with Crippen LogP contribution in [-0.4, -0.2) is 39.8 Å². The molecule has 0 fully saturated rings. The molecule has 0 unspecified atom stereocenters. The minimum Gasteiger partial charge on any atom is -0.384 e. The predicted molar refractivity (Wildman–Crippen MR) is 80.7 cm³/mol. The molecule has 1 aromatic rings. The van der Waals surface area contributed by atoms with Crippen molar-refractivity contribution in [3.05, 3.63) is 29.8 Å². The van der Waals surface area contributed by atoms with E-state index in [0.717, 1.165) is 4.31 Å². The third-order valence-corrected chi connectivity index (χ3v) is 4.46. The summed E-state index contributed by atoms with van der Waals surface area (Å²) in [5.41, 5.74) is 6.26. The van der Waals surface area contributed by atoms with Crippen LogP contribution in [0.25, 0.3) is 0 Å². The summed E-state index contributed by atoms with van der Waals surface area (Å²) < 4.78 is 30.9. The average Bonchev–Trinajstić information content (AvgIpc) is 2.37. The molecule has 6 nitrogen and oxygen atoms in total. The fourth-order valence-electron chi connectivity index (χ4n) is 1.65. The van der Waals surface area contributed by atoms with Crippen molar-refractivity contribution in [1.29, 1.82) is 5.41 Å². The van der Waals surface area contributed by atoms with Crippen LogP contribution in [0.1, 0.15) is 19.4 Å². The first-order valence-corrected chi connectivity index (χ1v) is 7.88. The number of benzene rings is 1. The van der Waals surface area contributed by atoms with E-state index in [0.29, 0.717) is 11.3 Å². The normalized spacial score (nSPS) is 11.6. The minimum absolute atomic E-state index is 0.0139. The molecule has 0 amide bonds. The topological polar surface area (TPSA) is 96.5 Å². The van der Waals surface area contributed by atoms with Crippen LogP contribution in [0, 0.1) is 5.41 Å². The highest BCUT2D eigenvalue weighted by atomic mass is 32.2. The van der Waals surface area contributed by atoms with Gasteiger partial charge in [0.05, 0.1) is 24.2 Å². The van der Waals surface area contributed by atoms with Crippen molar-refractivity contribution in [2.45, 2.75) is 20.0 Å². The van der Waals surface area contributed by atoms with E-state index in [4.69, 9.17) is 15.9 Å². The molecule has 3 N–H and O–H groups in total. The molecular weight excluding hydrogens is 278 g/mol. The van der Waals surface area contributed by atoms with Crippen molar-refractivity contribution < 1.29 is 13.2 Å². The number of nitrogens with two attached hydrogens (primary N) is 1. The number of ether oxygens (including phenoxy) is 1. The lowest BCUT2D eigenvalue weighted by molar-refractivity contribution is 0.0912. The summed E-state index contributed by atoms with van der Waals surface area (Å²) in [6.45, 7) is 3.83. The van der Waals surface area contributed by atoms with Crippen molar-refractivity contribution in [1.82, 2.24) is 0 Å². The standard InChI is InChI=1S/C13H21N3O3S/c1-10(2)19-8-9-20(17,18)16(3)12-7-5-4-6-11(12)13(14)15/h4-7,10H,8-9H2,1-3H3,(H3,14,15). The van der Waals surface area contributed by atoms with Crippen LogP contribution in [0.5, 0.6) is 0 Å². The molecule has 112 valence electrons. The summed E-state index contributed by atoms with van der Waals surface area (Å²) in [7, 11) is -2.06. The molecular formula is C13H21N3O3S. The summed E-state index contributed by atoms with van der Waals surface area (Å²) in [5, 5.41) is 7.50. The van der Waals surface area contributed by atoms with E-state index in [-0.39, 0.29) is 24.3 Å². The summed E-state index contributed by atoms with van der Waals surface area (Å²) in [4.78, 5) is 0. The van der Waals surface area contributed by atoms with Crippen molar-refractivity contribution in [2.75, 3.05) is 23.7 Å². The van der Waals surface area contributed by atoms with E-state index in [9.17, 15) is 8.42 Å². The van der Waals surface area contributed by atoms with Gasteiger partial charge in [-0.05, 0) is 26.0 Å². The molecule has 0 aliphatic rings. The zero-order chi connectivity index (χ0) is 15.3. The predicted octanol–water partition coefficient (Wildman–Crippen LogP) is 1.16. The van der Waals surface area contributed by atoms with E-state index in [2.05, 4.69) is 0 Å². The van der Waals surface area contributed by atoms with Gasteiger partial charge in [0.25, 0.3) is 0 Å². The van der Waals surface area contributed by atoms with E-state index in [1.807, 2.05) is 13.8 Å². The Morgan fingerprint density at radius 1 is 1.40 bits per heavy atom. The molecule has 0 aromatic heterocycles. The molecule has 7 heteroatoms. The van der Waals surface area contributed by atoms with Gasteiger partial charge in [-0.25, -0.2) is 8.42 Å². The number of rotatable bonds is 7. The zero-order valence-electron chi connectivity index (χ0n) is 12.0. The van der Waals surface area contributed by atoms with Crippen LogP contribution in [-0.2, 0) is 14.8 Å². The second kappa shape index (κ2) is 6.71. The number of para-hydroxylation sites is 1. The third-order valence-electron chi connectivity index (χ3n) is 2.74. The van der Waals surface area contributed by atoms with Gasteiger partial charge in [0.15, 0.2) is 0 Å². The maximum Gasteiger partial charge on any atom is 0.237 e. The number of nitrogen functional groups attached to an aromatic ring is 1. The van der Waals surface area contributed by atoms with Gasteiger partial charge in [0, 0.05) is 12.6 Å². The first-order valence-electron chi connectivity index (χ1n) is 6.27. The Balaban J connectivity index is 2.94. The summed E-state index contributed by atoms with van der Waals surface area (Å²) in [6, 6.07) is 6.66. The molecule has 1 rings (SSSR count). The van der Waals surface area contributed by atoms with E-state index in [1.165, 1.54) is 7.05 Å². The highest BCUT2D eigenvalue weighted by Gasteiger charge is 2.21. The molecule has 0 saturated heterocycles. The molecule has 0 bridgehead atoms. The number of anilines is 1. The maximum atomic E-state index is 12.2. The fraction of sp³-hybridized carbons (Fsp3) is 0.462. The Labute approximate surface area is 120 Å². The van der Waals surface area contributed by atoms with Crippen LogP contribution >= 0.6 is 0 Å². The lowest BCUT2D eigenvalue weighted by atomic mass is 10.1. The quantitative estimate of drug-likeness (QED) is 0.583. The Bertz CT molecular complexity index is 570. The van der Waals surface area contributed by atoms with Crippen molar-refractivity contribution >= 4 is 21.5 Å². The maximum absolute atomic E-state index is 12.2. The lowest BCUT2D eigenvalue weighted by Gasteiger charge is -2.22. The van der Waals surface area contributed by atoms with Gasteiger partial charge in [-0.2, -0.15) is 0 Å². The van der Waals surface area contributed by atoms with Crippen molar-refractivity contribution in [3.63, 3.8) is 0 Å². The number of hydrogen-bond acceptors (Lipinski definition) is 4.